The van der Waals surface area contributed by atoms with Crippen molar-refractivity contribution in [2.75, 3.05) is 19.3 Å². The molecule has 0 radical (unpaired) electrons. The van der Waals surface area contributed by atoms with E-state index in [0.29, 0.717) is 0 Å². The second-order valence-corrected chi connectivity index (χ2v) is 6.65. The average Bonchev–Trinajstić information content (AvgIpc) is 2.24. The van der Waals surface area contributed by atoms with Gasteiger partial charge in [-0.1, -0.05) is 13.8 Å². The van der Waals surface area contributed by atoms with Gasteiger partial charge < -0.3 is 10.4 Å². The number of rotatable bonds is 7. The summed E-state index contributed by atoms with van der Waals surface area (Å²) < 4.78 is 23.7. The summed E-state index contributed by atoms with van der Waals surface area (Å²) in [5.74, 6) is -2.15. The fourth-order valence-electron chi connectivity index (χ4n) is 1.25. The summed E-state index contributed by atoms with van der Waals surface area (Å²) in [7, 11) is -2.16. The van der Waals surface area contributed by atoms with Crippen LogP contribution in [0.1, 0.15) is 20.8 Å². The molecule has 0 aliphatic rings. The first-order chi connectivity index (χ1) is 8.11. The lowest BCUT2D eigenvalue weighted by Crippen LogP contribution is -2.48. The first kappa shape index (κ1) is 16.9. The average molecular weight is 280 g/mol. The van der Waals surface area contributed by atoms with Crippen molar-refractivity contribution in [1.29, 1.82) is 0 Å². The fraction of sp³-hybridized carbons (Fsp3) is 0.800. The lowest BCUT2D eigenvalue weighted by Gasteiger charge is -2.20. The van der Waals surface area contributed by atoms with Gasteiger partial charge in [0, 0.05) is 7.05 Å². The summed E-state index contributed by atoms with van der Waals surface area (Å²) in [6, 6.07) is -1.02. The van der Waals surface area contributed by atoms with Crippen molar-refractivity contribution >= 4 is 21.9 Å². The Morgan fingerprint density at radius 1 is 1.33 bits per heavy atom. The number of carbonyl (C=O) groups is 2. The van der Waals surface area contributed by atoms with Crippen LogP contribution >= 0.6 is 0 Å². The molecule has 0 fully saturated rings. The number of hydrogen-bond donors (Lipinski definition) is 2. The van der Waals surface area contributed by atoms with Crippen molar-refractivity contribution in [2.24, 2.45) is 5.92 Å². The van der Waals surface area contributed by atoms with Crippen LogP contribution < -0.4 is 5.32 Å². The van der Waals surface area contributed by atoms with Crippen molar-refractivity contribution in [2.45, 2.75) is 26.8 Å². The Kier molecular flexibility index (Phi) is 6.27. The Hall–Kier alpha value is -1.15. The number of aliphatic carboxylic acids is 1. The highest BCUT2D eigenvalue weighted by Gasteiger charge is 2.25. The van der Waals surface area contributed by atoms with Crippen LogP contribution in [0.4, 0.5) is 0 Å². The molecule has 0 spiro atoms. The number of likely N-dealkylation sites (N-methyl/N-ethyl adjacent to an activating group) is 1. The van der Waals surface area contributed by atoms with Crippen LogP contribution in [0.5, 0.6) is 0 Å². The number of nitrogens with zero attached hydrogens (tertiary/aromatic N) is 1. The van der Waals surface area contributed by atoms with E-state index >= 15 is 0 Å². The van der Waals surface area contributed by atoms with Gasteiger partial charge >= 0.3 is 5.97 Å². The third-order valence-electron chi connectivity index (χ3n) is 2.46. The zero-order chi connectivity index (χ0) is 14.5. The van der Waals surface area contributed by atoms with E-state index in [-0.39, 0.29) is 18.2 Å². The molecule has 1 atom stereocenters. The lowest BCUT2D eigenvalue weighted by molar-refractivity contribution is -0.143. The van der Waals surface area contributed by atoms with Crippen molar-refractivity contribution in [3.8, 4) is 0 Å². The molecule has 1 unspecified atom stereocenters. The van der Waals surface area contributed by atoms with Gasteiger partial charge in [0.15, 0.2) is 0 Å². The van der Waals surface area contributed by atoms with Crippen LogP contribution in [0.15, 0.2) is 0 Å². The van der Waals surface area contributed by atoms with E-state index in [1.165, 1.54) is 14.0 Å². The van der Waals surface area contributed by atoms with Crippen LogP contribution in [0, 0.1) is 5.92 Å². The molecule has 0 aromatic heterocycles. The Labute approximate surface area is 107 Å². The van der Waals surface area contributed by atoms with E-state index in [1.807, 2.05) is 0 Å². The number of carboxylic acids is 1. The van der Waals surface area contributed by atoms with Gasteiger partial charge in [0.1, 0.15) is 6.04 Å². The standard InChI is InChI=1S/C10H20N2O5S/c1-5-18(16,17)12(4)6-8(13)11-9(7(2)3)10(14)15/h7,9H,5-6H2,1-4H3,(H,11,13)(H,14,15). The van der Waals surface area contributed by atoms with Crippen molar-refractivity contribution in [3.05, 3.63) is 0 Å². The van der Waals surface area contributed by atoms with Gasteiger partial charge in [0.05, 0.1) is 12.3 Å². The molecule has 106 valence electrons. The molecule has 0 saturated heterocycles. The molecule has 0 heterocycles. The minimum absolute atomic E-state index is 0.108. The van der Waals surface area contributed by atoms with Gasteiger partial charge in [-0.2, -0.15) is 4.31 Å². The summed E-state index contributed by atoms with van der Waals surface area (Å²) in [4.78, 5) is 22.4. The van der Waals surface area contributed by atoms with Crippen LogP contribution in [-0.2, 0) is 19.6 Å². The molecule has 7 nitrogen and oxygen atoms in total. The third-order valence-corrected chi connectivity index (χ3v) is 4.26. The number of carboxylic acid groups (broad SMARTS) is 1. The minimum Gasteiger partial charge on any atom is -0.480 e. The molecular weight excluding hydrogens is 260 g/mol. The maximum absolute atomic E-state index is 11.6. The summed E-state index contributed by atoms with van der Waals surface area (Å²) >= 11 is 0. The summed E-state index contributed by atoms with van der Waals surface area (Å²) in [6.45, 7) is 4.40. The number of amides is 1. The molecule has 0 aromatic carbocycles. The van der Waals surface area contributed by atoms with Gasteiger partial charge in [-0.15, -0.1) is 0 Å². The quantitative estimate of drug-likeness (QED) is 0.654. The van der Waals surface area contributed by atoms with Gasteiger partial charge in [-0.25, -0.2) is 13.2 Å². The van der Waals surface area contributed by atoms with E-state index in [9.17, 15) is 18.0 Å². The van der Waals surface area contributed by atoms with E-state index in [2.05, 4.69) is 5.32 Å². The van der Waals surface area contributed by atoms with Gasteiger partial charge in [0.2, 0.25) is 15.9 Å². The molecule has 8 heteroatoms. The van der Waals surface area contributed by atoms with E-state index in [4.69, 9.17) is 5.11 Å². The van der Waals surface area contributed by atoms with Crippen LogP contribution in [-0.4, -0.2) is 55.1 Å². The molecule has 0 saturated carbocycles. The number of carbonyl (C=O) groups excluding carboxylic acids is 1. The molecular formula is C10H20N2O5S. The van der Waals surface area contributed by atoms with Crippen molar-refractivity contribution in [3.63, 3.8) is 0 Å². The predicted octanol–water partition coefficient (Wildman–Crippen LogP) is -0.507. The topological polar surface area (TPSA) is 104 Å². The number of hydrogen-bond acceptors (Lipinski definition) is 4. The normalized spacial score (nSPS) is 13.7. The highest BCUT2D eigenvalue weighted by Crippen LogP contribution is 2.02. The Morgan fingerprint density at radius 2 is 1.83 bits per heavy atom. The number of nitrogens with one attached hydrogen (secondary N) is 1. The lowest BCUT2D eigenvalue weighted by atomic mass is 10.1. The maximum Gasteiger partial charge on any atom is 0.326 e. The molecule has 0 aliphatic heterocycles. The predicted molar refractivity (Wildman–Crippen MR) is 66.5 cm³/mol. The molecule has 0 rings (SSSR count). The van der Waals surface area contributed by atoms with Crippen molar-refractivity contribution in [1.82, 2.24) is 9.62 Å². The van der Waals surface area contributed by atoms with Crippen LogP contribution in [0.2, 0.25) is 0 Å². The molecule has 18 heavy (non-hydrogen) atoms. The largest absolute Gasteiger partial charge is 0.480 e. The number of sulfonamides is 1. The van der Waals surface area contributed by atoms with Crippen LogP contribution in [0.3, 0.4) is 0 Å². The monoisotopic (exact) mass is 280 g/mol. The van der Waals surface area contributed by atoms with E-state index in [1.54, 1.807) is 13.8 Å². The summed E-state index contributed by atoms with van der Waals surface area (Å²) in [6.07, 6.45) is 0. The van der Waals surface area contributed by atoms with E-state index in [0.717, 1.165) is 4.31 Å². The Bertz CT molecular complexity index is 404. The summed E-state index contributed by atoms with van der Waals surface area (Å²) in [5.41, 5.74) is 0. The third kappa shape index (κ3) is 5.01. The first-order valence-corrected chi connectivity index (χ1v) is 7.19. The zero-order valence-electron chi connectivity index (χ0n) is 11.0. The Morgan fingerprint density at radius 3 is 2.17 bits per heavy atom. The molecule has 0 aromatic rings. The first-order valence-electron chi connectivity index (χ1n) is 5.58. The van der Waals surface area contributed by atoms with E-state index < -0.39 is 27.9 Å². The maximum atomic E-state index is 11.6. The van der Waals surface area contributed by atoms with Gasteiger partial charge in [0.25, 0.3) is 0 Å². The highest BCUT2D eigenvalue weighted by atomic mass is 32.2. The second kappa shape index (κ2) is 6.69. The highest BCUT2D eigenvalue weighted by molar-refractivity contribution is 7.89. The van der Waals surface area contributed by atoms with Gasteiger partial charge in [-0.3, -0.25) is 4.79 Å². The second-order valence-electron chi connectivity index (χ2n) is 4.28. The molecule has 1 amide bonds. The summed E-state index contributed by atoms with van der Waals surface area (Å²) in [5, 5.41) is 11.2. The molecule has 0 aliphatic carbocycles. The van der Waals surface area contributed by atoms with Crippen molar-refractivity contribution < 1.29 is 23.1 Å². The SMILES string of the molecule is CCS(=O)(=O)N(C)CC(=O)NC(C(=O)O)C(C)C. The van der Waals surface area contributed by atoms with Gasteiger partial charge in [-0.05, 0) is 12.8 Å². The molecule has 2 N–H and O–H groups in total. The van der Waals surface area contributed by atoms with Crippen LogP contribution in [0.25, 0.3) is 0 Å². The molecule has 0 bridgehead atoms. The zero-order valence-corrected chi connectivity index (χ0v) is 11.8. The fourth-order valence-corrected chi connectivity index (χ4v) is 2.01. The minimum atomic E-state index is -3.44. The Balaban J connectivity index is 4.57. The smallest absolute Gasteiger partial charge is 0.326 e.